The van der Waals surface area contributed by atoms with Gasteiger partial charge in [-0.25, -0.2) is 0 Å². The van der Waals surface area contributed by atoms with E-state index in [1.807, 2.05) is 12.1 Å². The lowest BCUT2D eigenvalue weighted by Gasteiger charge is -2.19. The summed E-state index contributed by atoms with van der Waals surface area (Å²) in [5, 5.41) is 13.2. The molecule has 7 heteroatoms. The van der Waals surface area contributed by atoms with Crippen LogP contribution in [0, 0.1) is 0 Å². The smallest absolute Gasteiger partial charge is 0.396 e. The maximum atomic E-state index is 13.2. The first-order valence-corrected chi connectivity index (χ1v) is 9.48. The molecule has 0 spiro atoms. The third-order valence-electron chi connectivity index (χ3n) is 4.14. The van der Waals surface area contributed by atoms with Crippen LogP contribution in [-0.2, 0) is 30.8 Å². The van der Waals surface area contributed by atoms with E-state index in [4.69, 9.17) is 5.11 Å². The van der Waals surface area contributed by atoms with E-state index in [1.54, 1.807) is 0 Å². The van der Waals surface area contributed by atoms with Crippen molar-refractivity contribution in [1.29, 1.82) is 0 Å². The maximum absolute atomic E-state index is 13.2. The van der Waals surface area contributed by atoms with Crippen molar-refractivity contribution in [3.8, 4) is 0 Å². The number of aliphatic hydroxyl groups excluding tert-OH is 1. The summed E-state index contributed by atoms with van der Waals surface area (Å²) in [6.45, 7) is 6.26. The summed E-state index contributed by atoms with van der Waals surface area (Å²) in [5.41, 5.74) is 1.65. The van der Waals surface area contributed by atoms with Crippen molar-refractivity contribution in [3.63, 3.8) is 0 Å². The average Bonchev–Trinajstić information content (AvgIpc) is 2.86. The molecule has 1 N–H and O–H groups in total. The van der Waals surface area contributed by atoms with Crippen LogP contribution in [0.1, 0.15) is 49.6 Å². The highest BCUT2D eigenvalue weighted by molar-refractivity contribution is 7.98. The number of nitrogens with zero attached hydrogens (tertiary/aromatic N) is 2. The minimum absolute atomic E-state index is 0.0623. The van der Waals surface area contributed by atoms with Gasteiger partial charge in [0.05, 0.1) is 5.03 Å². The molecule has 0 aliphatic heterocycles. The Morgan fingerprint density at radius 2 is 1.73 bits per heavy atom. The van der Waals surface area contributed by atoms with E-state index in [0.29, 0.717) is 10.8 Å². The highest BCUT2D eigenvalue weighted by Crippen LogP contribution is 2.37. The van der Waals surface area contributed by atoms with Crippen molar-refractivity contribution in [1.82, 2.24) is 9.78 Å². The zero-order valence-electron chi connectivity index (χ0n) is 15.5. The monoisotopic (exact) mass is 386 g/mol. The first-order valence-electron chi connectivity index (χ1n) is 8.50. The van der Waals surface area contributed by atoms with Gasteiger partial charge in [0.2, 0.25) is 0 Å². The van der Waals surface area contributed by atoms with Crippen molar-refractivity contribution in [2.24, 2.45) is 7.05 Å². The van der Waals surface area contributed by atoms with Crippen LogP contribution in [0.5, 0.6) is 0 Å². The van der Waals surface area contributed by atoms with Gasteiger partial charge in [-0.1, -0.05) is 45.0 Å². The molecule has 0 radical (unpaired) electrons. The normalized spacial score (nSPS) is 12.6. The predicted octanol–water partition coefficient (Wildman–Crippen LogP) is 4.95. The number of thioether (sulfide) groups is 1. The molecule has 0 saturated heterocycles. The Kier molecular flexibility index (Phi) is 6.45. The molecule has 0 atom stereocenters. The number of rotatable bonds is 6. The number of aromatic nitrogens is 2. The SMILES string of the molecule is Cn1nc(C(F)(F)F)c(CCCO)c1SCc1ccc(C(C)(C)C)cc1. The van der Waals surface area contributed by atoms with Gasteiger partial charge in [0.1, 0.15) is 0 Å². The largest absolute Gasteiger partial charge is 0.435 e. The van der Waals surface area contributed by atoms with Gasteiger partial charge >= 0.3 is 6.18 Å². The molecule has 2 aromatic rings. The fraction of sp³-hybridized carbons (Fsp3) is 0.526. The summed E-state index contributed by atoms with van der Waals surface area (Å²) < 4.78 is 41.0. The van der Waals surface area contributed by atoms with Gasteiger partial charge in [-0.15, -0.1) is 11.8 Å². The molecule has 0 saturated carbocycles. The number of aliphatic hydroxyl groups is 1. The van der Waals surface area contributed by atoms with Crippen molar-refractivity contribution < 1.29 is 18.3 Å². The summed E-state index contributed by atoms with van der Waals surface area (Å²) in [6.07, 6.45) is -4.05. The van der Waals surface area contributed by atoms with Crippen molar-refractivity contribution >= 4 is 11.8 Å². The second-order valence-electron chi connectivity index (χ2n) is 7.32. The van der Waals surface area contributed by atoms with Crippen LogP contribution >= 0.6 is 11.8 Å². The summed E-state index contributed by atoms with van der Waals surface area (Å²) in [4.78, 5) is 0. The number of benzene rings is 1. The minimum atomic E-state index is -4.49. The molecule has 1 aromatic carbocycles. The van der Waals surface area contributed by atoms with Crippen LogP contribution in [0.2, 0.25) is 0 Å². The van der Waals surface area contributed by atoms with Crippen molar-refractivity contribution in [2.45, 2.75) is 56.0 Å². The lowest BCUT2D eigenvalue weighted by molar-refractivity contribution is -0.142. The quantitative estimate of drug-likeness (QED) is 0.714. The van der Waals surface area contributed by atoms with Crippen LogP contribution in [0.15, 0.2) is 29.3 Å². The number of aryl methyl sites for hydroxylation is 1. The predicted molar refractivity (Wildman–Crippen MR) is 98.3 cm³/mol. The van der Waals surface area contributed by atoms with Crippen molar-refractivity contribution in [3.05, 3.63) is 46.6 Å². The fourth-order valence-electron chi connectivity index (χ4n) is 2.69. The lowest BCUT2D eigenvalue weighted by Crippen LogP contribution is -2.10. The second-order valence-corrected chi connectivity index (χ2v) is 8.28. The molecule has 0 aliphatic rings. The van der Waals surface area contributed by atoms with Gasteiger partial charge < -0.3 is 5.11 Å². The van der Waals surface area contributed by atoms with E-state index in [0.717, 1.165) is 5.56 Å². The topological polar surface area (TPSA) is 38.0 Å². The van der Waals surface area contributed by atoms with Crippen LogP contribution in [-0.4, -0.2) is 21.5 Å². The fourth-order valence-corrected chi connectivity index (χ4v) is 3.79. The molecule has 144 valence electrons. The van der Waals surface area contributed by atoms with E-state index >= 15 is 0 Å². The first kappa shape index (κ1) is 20.8. The second kappa shape index (κ2) is 8.05. The number of hydrogen-bond acceptors (Lipinski definition) is 3. The summed E-state index contributed by atoms with van der Waals surface area (Å²) >= 11 is 1.35. The Bertz CT molecular complexity index is 731. The molecule has 0 unspecified atom stereocenters. The Morgan fingerprint density at radius 1 is 1.12 bits per heavy atom. The van der Waals surface area contributed by atoms with Crippen LogP contribution in [0.25, 0.3) is 0 Å². The third kappa shape index (κ3) is 5.04. The Labute approximate surface area is 156 Å². The summed E-state index contributed by atoms with van der Waals surface area (Å²) in [5.74, 6) is 0.563. The molecular formula is C19H25F3N2OS. The zero-order valence-corrected chi connectivity index (χ0v) is 16.3. The van der Waals surface area contributed by atoms with Crippen molar-refractivity contribution in [2.75, 3.05) is 6.61 Å². The number of halogens is 3. The van der Waals surface area contributed by atoms with Crippen LogP contribution < -0.4 is 0 Å². The van der Waals surface area contributed by atoms with Gasteiger partial charge in [-0.3, -0.25) is 4.68 Å². The number of hydrogen-bond donors (Lipinski definition) is 1. The molecule has 0 amide bonds. The van der Waals surface area contributed by atoms with E-state index in [1.165, 1.54) is 29.1 Å². The van der Waals surface area contributed by atoms with Crippen LogP contribution in [0.3, 0.4) is 0 Å². The summed E-state index contributed by atoms with van der Waals surface area (Å²) in [6, 6.07) is 8.16. The van der Waals surface area contributed by atoms with Gasteiger partial charge in [-0.2, -0.15) is 18.3 Å². The Morgan fingerprint density at radius 3 is 2.23 bits per heavy atom. The molecule has 0 bridgehead atoms. The highest BCUT2D eigenvalue weighted by atomic mass is 32.2. The molecule has 26 heavy (non-hydrogen) atoms. The molecule has 3 nitrogen and oxygen atoms in total. The number of alkyl halides is 3. The average molecular weight is 386 g/mol. The summed E-state index contributed by atoms with van der Waals surface area (Å²) in [7, 11) is 1.53. The van der Waals surface area contributed by atoms with Gasteiger partial charge in [-0.05, 0) is 29.4 Å². The highest BCUT2D eigenvalue weighted by Gasteiger charge is 2.38. The Hall–Kier alpha value is -1.47. The zero-order chi connectivity index (χ0) is 19.5. The van der Waals surface area contributed by atoms with Gasteiger partial charge in [0.15, 0.2) is 5.69 Å². The Balaban J connectivity index is 2.22. The first-order chi connectivity index (χ1) is 12.0. The molecule has 2 rings (SSSR count). The maximum Gasteiger partial charge on any atom is 0.435 e. The van der Waals surface area contributed by atoms with E-state index in [-0.39, 0.29) is 30.4 Å². The van der Waals surface area contributed by atoms with Crippen LogP contribution in [0.4, 0.5) is 13.2 Å². The lowest BCUT2D eigenvalue weighted by atomic mass is 9.87. The van der Waals surface area contributed by atoms with Gasteiger partial charge in [0.25, 0.3) is 0 Å². The third-order valence-corrected chi connectivity index (χ3v) is 5.40. The van der Waals surface area contributed by atoms with Gasteiger partial charge in [0, 0.05) is 25.0 Å². The molecular weight excluding hydrogens is 361 g/mol. The molecule has 1 heterocycles. The minimum Gasteiger partial charge on any atom is -0.396 e. The van der Waals surface area contributed by atoms with E-state index < -0.39 is 11.9 Å². The van der Waals surface area contributed by atoms with E-state index in [9.17, 15) is 13.2 Å². The standard InChI is InChI=1S/C19H25F3N2OS/c1-18(2,3)14-9-7-13(8-10-14)12-26-17-15(6-5-11-25)16(19(20,21)22)23-24(17)4/h7-10,25H,5-6,11-12H2,1-4H3. The molecule has 0 aliphatic carbocycles. The molecule has 1 aromatic heterocycles. The molecule has 0 fully saturated rings. The van der Waals surface area contributed by atoms with E-state index in [2.05, 4.69) is 38.0 Å².